The molecule has 0 saturated heterocycles. The zero-order chi connectivity index (χ0) is 11.7. The molecule has 3 nitrogen and oxygen atoms in total. The number of anilines is 1. The van der Waals surface area contributed by atoms with E-state index >= 15 is 0 Å². The number of phenols is 1. The van der Waals surface area contributed by atoms with Crippen LogP contribution in [0.2, 0.25) is 0 Å². The molecule has 0 bridgehead atoms. The molecule has 16 heavy (non-hydrogen) atoms. The fourth-order valence-corrected chi connectivity index (χ4v) is 2.45. The van der Waals surface area contributed by atoms with Gasteiger partial charge in [-0.2, -0.15) is 0 Å². The minimum atomic E-state index is 0.334. The number of hydrogen-bond acceptors (Lipinski definition) is 3. The fraction of sp³-hybridized carbons (Fsp3) is 0.538. The van der Waals surface area contributed by atoms with E-state index in [-0.39, 0.29) is 0 Å². The van der Waals surface area contributed by atoms with E-state index < -0.39 is 0 Å². The Morgan fingerprint density at radius 3 is 2.94 bits per heavy atom. The van der Waals surface area contributed by atoms with E-state index in [1.54, 1.807) is 0 Å². The van der Waals surface area contributed by atoms with Crippen LogP contribution in [-0.2, 0) is 6.42 Å². The van der Waals surface area contributed by atoms with Crippen LogP contribution in [0.1, 0.15) is 30.4 Å². The molecule has 1 aliphatic rings. The molecule has 3 N–H and O–H groups in total. The lowest BCUT2D eigenvalue weighted by Crippen LogP contribution is -2.12. The van der Waals surface area contributed by atoms with Gasteiger partial charge in [0.2, 0.25) is 0 Å². The summed E-state index contributed by atoms with van der Waals surface area (Å²) < 4.78 is 0. The van der Waals surface area contributed by atoms with Gasteiger partial charge < -0.3 is 15.7 Å². The van der Waals surface area contributed by atoms with Crippen molar-refractivity contribution >= 4 is 5.69 Å². The van der Waals surface area contributed by atoms with Gasteiger partial charge in [-0.05, 0) is 36.9 Å². The van der Waals surface area contributed by atoms with Crippen LogP contribution in [0, 0.1) is 0 Å². The zero-order valence-electron chi connectivity index (χ0n) is 10.0. The van der Waals surface area contributed by atoms with Gasteiger partial charge in [0.25, 0.3) is 0 Å². The Morgan fingerprint density at radius 1 is 1.50 bits per heavy atom. The van der Waals surface area contributed by atoms with Gasteiger partial charge in [-0.3, -0.25) is 0 Å². The number of aromatic hydroxyl groups is 1. The van der Waals surface area contributed by atoms with Crippen molar-refractivity contribution in [3.63, 3.8) is 0 Å². The number of nitrogens with two attached hydrogens (primary N) is 1. The Hall–Kier alpha value is -1.22. The highest BCUT2D eigenvalue weighted by Gasteiger charge is 2.22. The Kier molecular flexibility index (Phi) is 3.06. The maximum Gasteiger partial charge on any atom is 0.124 e. The van der Waals surface area contributed by atoms with Crippen LogP contribution in [0.5, 0.6) is 5.75 Å². The predicted octanol–water partition coefficient (Wildman–Crippen LogP) is 1.84. The molecule has 0 radical (unpaired) electrons. The van der Waals surface area contributed by atoms with E-state index in [9.17, 15) is 5.11 Å². The number of benzene rings is 1. The van der Waals surface area contributed by atoms with Crippen LogP contribution in [-0.4, -0.2) is 25.2 Å². The third-order valence-corrected chi connectivity index (χ3v) is 3.53. The second-order valence-electron chi connectivity index (χ2n) is 4.65. The smallest absolute Gasteiger partial charge is 0.124 e. The van der Waals surface area contributed by atoms with E-state index in [0.29, 0.717) is 18.2 Å². The highest BCUT2D eigenvalue weighted by molar-refractivity contribution is 5.65. The molecule has 1 aromatic carbocycles. The van der Waals surface area contributed by atoms with Crippen LogP contribution in [0.25, 0.3) is 0 Å². The van der Waals surface area contributed by atoms with Crippen molar-refractivity contribution in [1.29, 1.82) is 0 Å². The first-order valence-corrected chi connectivity index (χ1v) is 5.91. The van der Waals surface area contributed by atoms with Crippen LogP contribution < -0.4 is 10.6 Å². The average Bonchev–Trinajstić information content (AvgIpc) is 2.62. The Balaban J connectivity index is 2.36. The second-order valence-corrected chi connectivity index (χ2v) is 4.65. The molecule has 0 amide bonds. The summed E-state index contributed by atoms with van der Waals surface area (Å²) >= 11 is 0. The van der Waals surface area contributed by atoms with Crippen molar-refractivity contribution in [3.8, 4) is 5.75 Å². The van der Waals surface area contributed by atoms with Crippen LogP contribution >= 0.6 is 0 Å². The van der Waals surface area contributed by atoms with E-state index in [2.05, 4.69) is 24.9 Å². The SMILES string of the molecule is CC(CCN)c1ccc2c(c1O)CCN2C. The molecule has 0 aromatic heterocycles. The van der Waals surface area contributed by atoms with Gasteiger partial charge in [0, 0.05) is 24.8 Å². The van der Waals surface area contributed by atoms with Crippen molar-refractivity contribution in [2.45, 2.75) is 25.7 Å². The largest absolute Gasteiger partial charge is 0.507 e. The molecule has 0 aliphatic carbocycles. The van der Waals surface area contributed by atoms with Gasteiger partial charge >= 0.3 is 0 Å². The second kappa shape index (κ2) is 4.34. The monoisotopic (exact) mass is 220 g/mol. The molecule has 1 heterocycles. The third-order valence-electron chi connectivity index (χ3n) is 3.53. The summed E-state index contributed by atoms with van der Waals surface area (Å²) in [5, 5.41) is 10.3. The summed E-state index contributed by atoms with van der Waals surface area (Å²) in [4.78, 5) is 2.19. The third kappa shape index (κ3) is 1.76. The normalized spacial score (nSPS) is 16.3. The Labute approximate surface area is 96.9 Å². The minimum Gasteiger partial charge on any atom is -0.507 e. The average molecular weight is 220 g/mol. The maximum atomic E-state index is 10.3. The van der Waals surface area contributed by atoms with E-state index in [1.165, 1.54) is 5.69 Å². The number of hydrogen-bond donors (Lipinski definition) is 2. The molecule has 1 aromatic rings. The first kappa shape index (κ1) is 11.3. The fourth-order valence-electron chi connectivity index (χ4n) is 2.45. The summed E-state index contributed by atoms with van der Waals surface area (Å²) in [6.45, 7) is 3.78. The number of likely N-dealkylation sites (N-methyl/N-ethyl adjacent to an activating group) is 1. The van der Waals surface area contributed by atoms with Crippen molar-refractivity contribution < 1.29 is 5.11 Å². The van der Waals surface area contributed by atoms with Gasteiger partial charge in [-0.1, -0.05) is 13.0 Å². The van der Waals surface area contributed by atoms with Crippen molar-refractivity contribution in [3.05, 3.63) is 23.3 Å². The molecule has 0 saturated carbocycles. The van der Waals surface area contributed by atoms with Gasteiger partial charge in [-0.25, -0.2) is 0 Å². The quantitative estimate of drug-likeness (QED) is 0.817. The Morgan fingerprint density at radius 2 is 2.25 bits per heavy atom. The van der Waals surface area contributed by atoms with Gasteiger partial charge in [0.15, 0.2) is 0 Å². The molecule has 1 unspecified atom stereocenters. The summed E-state index contributed by atoms with van der Waals surface area (Å²) in [5.74, 6) is 0.823. The predicted molar refractivity (Wildman–Crippen MR) is 67.2 cm³/mol. The zero-order valence-corrected chi connectivity index (χ0v) is 10.0. The molecule has 1 atom stereocenters. The topological polar surface area (TPSA) is 49.5 Å². The molecule has 0 fully saturated rings. The molecule has 2 rings (SSSR count). The van der Waals surface area contributed by atoms with Crippen LogP contribution in [0.15, 0.2) is 12.1 Å². The van der Waals surface area contributed by atoms with Crippen molar-refractivity contribution in [2.24, 2.45) is 5.73 Å². The summed E-state index contributed by atoms with van der Waals surface area (Å²) in [7, 11) is 2.06. The van der Waals surface area contributed by atoms with Crippen LogP contribution in [0.3, 0.4) is 0 Å². The lowest BCUT2D eigenvalue weighted by Gasteiger charge is -2.17. The summed E-state index contributed by atoms with van der Waals surface area (Å²) in [6.07, 6.45) is 1.86. The number of phenolic OH excluding ortho intramolecular Hbond substituents is 1. The van der Waals surface area contributed by atoms with E-state index in [4.69, 9.17) is 5.73 Å². The van der Waals surface area contributed by atoms with E-state index in [0.717, 1.165) is 30.5 Å². The van der Waals surface area contributed by atoms with Crippen molar-refractivity contribution in [1.82, 2.24) is 0 Å². The van der Waals surface area contributed by atoms with Crippen LogP contribution in [0.4, 0.5) is 5.69 Å². The maximum absolute atomic E-state index is 10.3. The first-order valence-electron chi connectivity index (χ1n) is 5.91. The lowest BCUT2D eigenvalue weighted by molar-refractivity contribution is 0.456. The molecule has 1 aliphatic heterocycles. The number of nitrogens with zero attached hydrogens (tertiary/aromatic N) is 1. The van der Waals surface area contributed by atoms with Gasteiger partial charge in [0.05, 0.1) is 0 Å². The first-order chi connectivity index (χ1) is 7.65. The summed E-state index contributed by atoms with van der Waals surface area (Å²) in [5.41, 5.74) is 8.87. The molecule has 0 spiro atoms. The highest BCUT2D eigenvalue weighted by atomic mass is 16.3. The van der Waals surface area contributed by atoms with E-state index in [1.807, 2.05) is 6.07 Å². The molecular weight excluding hydrogens is 200 g/mol. The summed E-state index contributed by atoms with van der Waals surface area (Å²) in [6, 6.07) is 4.15. The molecule has 88 valence electrons. The number of rotatable bonds is 3. The van der Waals surface area contributed by atoms with Gasteiger partial charge in [-0.15, -0.1) is 0 Å². The lowest BCUT2D eigenvalue weighted by atomic mass is 9.94. The van der Waals surface area contributed by atoms with Crippen molar-refractivity contribution in [2.75, 3.05) is 25.0 Å². The van der Waals surface area contributed by atoms with Gasteiger partial charge in [0.1, 0.15) is 5.75 Å². The standard InChI is InChI=1S/C13H20N2O/c1-9(5-7-14)10-3-4-12-11(13(10)16)6-8-15(12)2/h3-4,9,16H,5-8,14H2,1-2H3. The molecular formula is C13H20N2O. The Bertz CT molecular complexity index is 390. The minimum absolute atomic E-state index is 0.334. The molecule has 3 heteroatoms. The highest BCUT2D eigenvalue weighted by Crippen LogP contribution is 2.39. The number of fused-ring (bicyclic) bond motifs is 1.